The van der Waals surface area contributed by atoms with Gasteiger partial charge in [0, 0.05) is 6.54 Å². The number of fused-ring (bicyclic) bond motifs is 1. The molecular formula is C18H20N2O4. The van der Waals surface area contributed by atoms with Gasteiger partial charge in [-0.2, -0.15) is 0 Å². The number of aromatic nitrogens is 2. The van der Waals surface area contributed by atoms with Crippen LogP contribution in [-0.2, 0) is 13.2 Å². The molecule has 0 saturated carbocycles. The zero-order chi connectivity index (χ0) is 17.1. The van der Waals surface area contributed by atoms with E-state index < -0.39 is 0 Å². The lowest BCUT2D eigenvalue weighted by Crippen LogP contribution is -2.06. The predicted octanol–water partition coefficient (Wildman–Crippen LogP) is 2.60. The number of aliphatic hydroxyl groups excluding tert-OH is 1. The number of hydrogen-bond acceptors (Lipinski definition) is 5. The number of methoxy groups -OCH3 is 3. The van der Waals surface area contributed by atoms with Crippen molar-refractivity contribution in [3.05, 3.63) is 47.8 Å². The number of hydrogen-bond donors (Lipinski definition) is 1. The average Bonchev–Trinajstić information content (AvgIpc) is 2.98. The van der Waals surface area contributed by atoms with Crippen molar-refractivity contribution in [3.8, 4) is 17.2 Å². The highest BCUT2D eigenvalue weighted by atomic mass is 16.5. The Balaban J connectivity index is 2.08. The highest BCUT2D eigenvalue weighted by Gasteiger charge is 2.15. The first kappa shape index (κ1) is 16.1. The average molecular weight is 328 g/mol. The van der Waals surface area contributed by atoms with Gasteiger partial charge in [0.05, 0.1) is 32.4 Å². The van der Waals surface area contributed by atoms with Crippen LogP contribution < -0.4 is 14.2 Å². The zero-order valence-electron chi connectivity index (χ0n) is 13.9. The standard InChI is InChI=1S/C18H20N2O4/c1-22-15-8-12(9-16(23-2)18(15)24-3)10-20-14-7-5-4-6-13(14)19-17(20)11-21/h4-9,21H,10-11H2,1-3H3. The molecule has 6 nitrogen and oxygen atoms in total. The first-order chi connectivity index (χ1) is 11.7. The third-order valence-electron chi connectivity index (χ3n) is 3.94. The maximum absolute atomic E-state index is 9.63. The van der Waals surface area contributed by atoms with Crippen molar-refractivity contribution in [1.82, 2.24) is 9.55 Å². The van der Waals surface area contributed by atoms with E-state index in [9.17, 15) is 5.11 Å². The molecule has 1 heterocycles. The first-order valence-corrected chi connectivity index (χ1v) is 7.55. The molecule has 3 aromatic rings. The van der Waals surface area contributed by atoms with E-state index in [-0.39, 0.29) is 6.61 Å². The Hall–Kier alpha value is -2.73. The van der Waals surface area contributed by atoms with E-state index in [1.54, 1.807) is 21.3 Å². The first-order valence-electron chi connectivity index (χ1n) is 7.55. The molecule has 0 amide bonds. The number of ether oxygens (including phenoxy) is 3. The highest BCUT2D eigenvalue weighted by molar-refractivity contribution is 5.76. The van der Waals surface area contributed by atoms with Crippen LogP contribution in [0, 0.1) is 0 Å². The molecule has 126 valence electrons. The number of nitrogens with zero attached hydrogens (tertiary/aromatic N) is 2. The summed E-state index contributed by atoms with van der Waals surface area (Å²) in [7, 11) is 4.76. The van der Waals surface area contributed by atoms with Crippen LogP contribution in [-0.4, -0.2) is 36.0 Å². The van der Waals surface area contributed by atoms with Gasteiger partial charge < -0.3 is 23.9 Å². The third kappa shape index (κ3) is 2.76. The van der Waals surface area contributed by atoms with Gasteiger partial charge in [-0.15, -0.1) is 0 Å². The van der Waals surface area contributed by atoms with Gasteiger partial charge in [0.25, 0.3) is 0 Å². The Kier molecular flexibility index (Phi) is 4.57. The maximum Gasteiger partial charge on any atom is 0.203 e. The molecule has 0 radical (unpaired) electrons. The van der Waals surface area contributed by atoms with Crippen molar-refractivity contribution < 1.29 is 19.3 Å². The van der Waals surface area contributed by atoms with E-state index in [4.69, 9.17) is 14.2 Å². The summed E-state index contributed by atoms with van der Waals surface area (Å²) in [6.45, 7) is 0.409. The fourth-order valence-electron chi connectivity index (χ4n) is 2.83. The van der Waals surface area contributed by atoms with Gasteiger partial charge >= 0.3 is 0 Å². The van der Waals surface area contributed by atoms with Crippen LogP contribution in [0.3, 0.4) is 0 Å². The molecule has 0 unspecified atom stereocenters. The van der Waals surface area contributed by atoms with E-state index in [0.29, 0.717) is 29.6 Å². The second-order valence-corrected chi connectivity index (χ2v) is 5.29. The summed E-state index contributed by atoms with van der Waals surface area (Å²) in [4.78, 5) is 4.47. The predicted molar refractivity (Wildman–Crippen MR) is 90.9 cm³/mol. The monoisotopic (exact) mass is 328 g/mol. The number of para-hydroxylation sites is 2. The Labute approximate surface area is 140 Å². The minimum atomic E-state index is -0.126. The van der Waals surface area contributed by atoms with Gasteiger partial charge in [0.1, 0.15) is 12.4 Å². The second-order valence-electron chi connectivity index (χ2n) is 5.29. The summed E-state index contributed by atoms with van der Waals surface area (Å²) in [5.41, 5.74) is 2.78. The molecule has 0 spiro atoms. The van der Waals surface area contributed by atoms with E-state index in [2.05, 4.69) is 4.98 Å². The fraction of sp³-hybridized carbons (Fsp3) is 0.278. The molecule has 6 heteroatoms. The molecule has 2 aromatic carbocycles. The number of rotatable bonds is 6. The van der Waals surface area contributed by atoms with E-state index in [1.165, 1.54) is 0 Å². The van der Waals surface area contributed by atoms with E-state index in [0.717, 1.165) is 16.6 Å². The molecule has 0 bridgehead atoms. The summed E-state index contributed by atoms with van der Waals surface area (Å²) < 4.78 is 18.1. The largest absolute Gasteiger partial charge is 0.493 e. The Morgan fingerprint density at radius 1 is 1.00 bits per heavy atom. The van der Waals surface area contributed by atoms with Crippen molar-refractivity contribution in [2.45, 2.75) is 13.2 Å². The zero-order valence-corrected chi connectivity index (χ0v) is 13.9. The molecule has 0 aliphatic carbocycles. The van der Waals surface area contributed by atoms with E-state index in [1.807, 2.05) is 41.0 Å². The van der Waals surface area contributed by atoms with E-state index >= 15 is 0 Å². The molecule has 24 heavy (non-hydrogen) atoms. The van der Waals surface area contributed by atoms with Gasteiger partial charge in [0.2, 0.25) is 5.75 Å². The van der Waals surface area contributed by atoms with Crippen LogP contribution in [0.25, 0.3) is 11.0 Å². The molecule has 0 atom stereocenters. The summed E-state index contributed by atoms with van der Waals surface area (Å²) in [6, 6.07) is 11.6. The lowest BCUT2D eigenvalue weighted by Gasteiger charge is -2.15. The fourth-order valence-corrected chi connectivity index (χ4v) is 2.83. The van der Waals surface area contributed by atoms with Crippen LogP contribution in [0.2, 0.25) is 0 Å². The SMILES string of the molecule is COc1cc(Cn2c(CO)nc3ccccc32)cc(OC)c1OC. The van der Waals surface area contributed by atoms with Gasteiger partial charge in [-0.1, -0.05) is 12.1 Å². The van der Waals surface area contributed by atoms with Crippen LogP contribution >= 0.6 is 0 Å². The lowest BCUT2D eigenvalue weighted by molar-refractivity contribution is 0.267. The number of aliphatic hydroxyl groups is 1. The van der Waals surface area contributed by atoms with Gasteiger partial charge in [-0.05, 0) is 29.8 Å². The molecule has 0 saturated heterocycles. The quantitative estimate of drug-likeness (QED) is 0.753. The van der Waals surface area contributed by atoms with Crippen LogP contribution in [0.1, 0.15) is 11.4 Å². The topological polar surface area (TPSA) is 65.7 Å². The van der Waals surface area contributed by atoms with Gasteiger partial charge in [-0.25, -0.2) is 4.98 Å². The summed E-state index contributed by atoms with van der Waals surface area (Å²) in [5.74, 6) is 2.37. The molecular weight excluding hydrogens is 308 g/mol. The Morgan fingerprint density at radius 2 is 1.67 bits per heavy atom. The Bertz CT molecular complexity index is 832. The second kappa shape index (κ2) is 6.80. The van der Waals surface area contributed by atoms with Gasteiger partial charge in [0.15, 0.2) is 11.5 Å². The number of imidazole rings is 1. The minimum absolute atomic E-state index is 0.126. The lowest BCUT2D eigenvalue weighted by atomic mass is 10.1. The van der Waals surface area contributed by atoms with Crippen molar-refractivity contribution in [3.63, 3.8) is 0 Å². The molecule has 3 rings (SSSR count). The third-order valence-corrected chi connectivity index (χ3v) is 3.94. The van der Waals surface area contributed by atoms with Gasteiger partial charge in [-0.3, -0.25) is 0 Å². The smallest absolute Gasteiger partial charge is 0.203 e. The Morgan fingerprint density at radius 3 is 2.25 bits per heavy atom. The maximum atomic E-state index is 9.63. The molecule has 0 fully saturated rings. The number of benzene rings is 2. The van der Waals surface area contributed by atoms with Crippen LogP contribution in [0.4, 0.5) is 0 Å². The minimum Gasteiger partial charge on any atom is -0.493 e. The molecule has 1 N–H and O–H groups in total. The van der Waals surface area contributed by atoms with Crippen molar-refractivity contribution in [2.75, 3.05) is 21.3 Å². The molecule has 1 aromatic heterocycles. The molecule has 0 aliphatic rings. The molecule has 0 aliphatic heterocycles. The summed E-state index contributed by atoms with van der Waals surface area (Å²) >= 11 is 0. The van der Waals surface area contributed by atoms with Crippen LogP contribution in [0.5, 0.6) is 17.2 Å². The summed E-state index contributed by atoms with van der Waals surface area (Å²) in [5, 5.41) is 9.63. The van der Waals surface area contributed by atoms with Crippen molar-refractivity contribution >= 4 is 11.0 Å². The van der Waals surface area contributed by atoms with Crippen LogP contribution in [0.15, 0.2) is 36.4 Å². The highest BCUT2D eigenvalue weighted by Crippen LogP contribution is 2.38. The van der Waals surface area contributed by atoms with Crippen molar-refractivity contribution in [1.29, 1.82) is 0 Å². The van der Waals surface area contributed by atoms with Crippen molar-refractivity contribution in [2.24, 2.45) is 0 Å². The summed E-state index contributed by atoms with van der Waals surface area (Å²) in [6.07, 6.45) is 0. The normalized spacial score (nSPS) is 10.8.